The molecule has 250 valence electrons. The van der Waals surface area contributed by atoms with E-state index in [1.54, 1.807) is 35.5 Å². The first-order valence-corrected chi connectivity index (χ1v) is 18.3. The van der Waals surface area contributed by atoms with Crippen molar-refractivity contribution in [2.24, 2.45) is 0 Å². The maximum Gasteiger partial charge on any atom is 0.127 e. The molecule has 0 aliphatic heterocycles. The highest BCUT2D eigenvalue weighted by Crippen LogP contribution is 2.45. The third-order valence-electron chi connectivity index (χ3n) is 8.72. The highest BCUT2D eigenvalue weighted by atomic mass is 31.1. The Labute approximate surface area is 289 Å². The summed E-state index contributed by atoms with van der Waals surface area (Å²) < 4.78 is 29.6. The molecule has 0 aromatic heterocycles. The van der Waals surface area contributed by atoms with Gasteiger partial charge in [0.05, 0.1) is 35.5 Å². The van der Waals surface area contributed by atoms with E-state index in [4.69, 9.17) is 23.7 Å². The van der Waals surface area contributed by atoms with E-state index in [9.17, 15) is 0 Å². The molecule has 5 aromatic rings. The molecular formula is C41H46O5P2. The van der Waals surface area contributed by atoms with E-state index < -0.39 is 7.92 Å². The predicted molar refractivity (Wildman–Crippen MR) is 206 cm³/mol. The van der Waals surface area contributed by atoms with E-state index >= 15 is 0 Å². The van der Waals surface area contributed by atoms with Crippen molar-refractivity contribution >= 4 is 43.0 Å². The zero-order chi connectivity index (χ0) is 34.7. The molecule has 0 N–H and O–H groups in total. The Balaban J connectivity index is 1.84. The quantitative estimate of drug-likeness (QED) is 0.134. The number of methoxy groups -OCH3 is 5. The van der Waals surface area contributed by atoms with Gasteiger partial charge < -0.3 is 23.7 Å². The van der Waals surface area contributed by atoms with Crippen molar-refractivity contribution in [3.05, 3.63) is 106 Å². The first-order valence-electron chi connectivity index (χ1n) is 15.9. The van der Waals surface area contributed by atoms with Gasteiger partial charge in [0.25, 0.3) is 0 Å². The largest absolute Gasteiger partial charge is 0.496 e. The van der Waals surface area contributed by atoms with Gasteiger partial charge in [-0.2, -0.15) is 0 Å². The molecule has 5 rings (SSSR count). The number of rotatable bonds is 11. The van der Waals surface area contributed by atoms with Crippen LogP contribution in [0.1, 0.15) is 33.4 Å². The summed E-state index contributed by atoms with van der Waals surface area (Å²) in [6.45, 7) is 12.7. The lowest BCUT2D eigenvalue weighted by Crippen LogP contribution is -2.25. The Morgan fingerprint density at radius 2 is 0.854 bits per heavy atom. The van der Waals surface area contributed by atoms with Crippen molar-refractivity contribution < 1.29 is 23.7 Å². The smallest absolute Gasteiger partial charge is 0.127 e. The molecule has 0 aliphatic rings. The van der Waals surface area contributed by atoms with Gasteiger partial charge in [-0.15, -0.1) is 0 Å². The van der Waals surface area contributed by atoms with Crippen molar-refractivity contribution in [1.29, 1.82) is 0 Å². The van der Waals surface area contributed by atoms with Crippen molar-refractivity contribution in [2.45, 2.75) is 41.5 Å². The molecule has 0 spiro atoms. The monoisotopic (exact) mass is 680 g/mol. The summed E-state index contributed by atoms with van der Waals surface area (Å²) in [5, 5.41) is 6.08. The lowest BCUT2D eigenvalue weighted by molar-refractivity contribution is 0.408. The van der Waals surface area contributed by atoms with Gasteiger partial charge >= 0.3 is 0 Å². The van der Waals surface area contributed by atoms with Crippen molar-refractivity contribution in [3.63, 3.8) is 0 Å². The minimum atomic E-state index is -1.08. The molecule has 1 unspecified atom stereocenters. The summed E-state index contributed by atoms with van der Waals surface area (Å²) in [5.41, 5.74) is 8.78. The second kappa shape index (κ2) is 15.0. The number of aryl methyl sites for hydroxylation is 6. The summed E-state index contributed by atoms with van der Waals surface area (Å²) in [6.07, 6.45) is 0. The minimum Gasteiger partial charge on any atom is -0.496 e. The average Bonchev–Trinajstić information content (AvgIpc) is 3.04. The van der Waals surface area contributed by atoms with Gasteiger partial charge in [0, 0.05) is 11.1 Å². The Morgan fingerprint density at radius 1 is 0.458 bits per heavy atom. The van der Waals surface area contributed by atoms with Gasteiger partial charge in [0.2, 0.25) is 0 Å². The number of hydrogen-bond donors (Lipinski definition) is 0. The number of hydrogen-bond acceptors (Lipinski definition) is 5. The molecule has 0 radical (unpaired) electrons. The zero-order valence-corrected chi connectivity index (χ0v) is 31.8. The molecule has 5 aromatic carbocycles. The van der Waals surface area contributed by atoms with E-state index in [2.05, 4.69) is 114 Å². The van der Waals surface area contributed by atoms with Gasteiger partial charge in [0.1, 0.15) is 28.7 Å². The van der Waals surface area contributed by atoms with Crippen LogP contribution in [0.2, 0.25) is 0 Å². The van der Waals surface area contributed by atoms with Crippen LogP contribution in [-0.4, -0.2) is 35.5 Å². The molecule has 7 heteroatoms. The molecule has 48 heavy (non-hydrogen) atoms. The predicted octanol–water partition coefficient (Wildman–Crippen LogP) is 7.63. The SMILES string of the molecule is COc1cccc(Pc2cc(C)c(OC)c(C)c2)c1-c1c(OC)cccc1P(c1cc(C)c(OC)c(C)c1)c1cc(C)c(OC)c(C)c1. The summed E-state index contributed by atoms with van der Waals surface area (Å²) >= 11 is 0. The summed E-state index contributed by atoms with van der Waals surface area (Å²) in [4.78, 5) is 0. The highest BCUT2D eigenvalue weighted by molar-refractivity contribution is 7.80. The fourth-order valence-electron chi connectivity index (χ4n) is 6.87. The molecule has 1 atom stereocenters. The first-order chi connectivity index (χ1) is 23.1. The Morgan fingerprint density at radius 3 is 1.27 bits per heavy atom. The lowest BCUT2D eigenvalue weighted by Gasteiger charge is -2.27. The third kappa shape index (κ3) is 6.77. The molecule has 0 amide bonds. The normalized spacial score (nSPS) is 11.3. The van der Waals surface area contributed by atoms with Crippen molar-refractivity contribution in [2.75, 3.05) is 35.5 Å². The standard InChI is InChI=1S/C41H46O5P2/c1-24-18-30(19-25(2)39(24)44-9)47-35-16-12-14-33(42-7)37(35)38-34(43-8)15-13-17-36(38)48(31-20-26(3)40(45-10)27(4)21-31)32-22-28(5)41(46-11)29(6)23-32/h12-23,47H,1-11H3. The first kappa shape index (κ1) is 35.3. The van der Waals surface area contributed by atoms with Crippen LogP contribution >= 0.6 is 16.5 Å². The Bertz CT molecular complexity index is 1840. The molecule has 0 aliphatic carbocycles. The minimum absolute atomic E-state index is 0.383. The van der Waals surface area contributed by atoms with Crippen LogP contribution in [-0.2, 0) is 0 Å². The Hall–Kier alpha value is -4.04. The fourth-order valence-corrected chi connectivity index (χ4v) is 11.1. The Kier molecular flexibility index (Phi) is 11.0. The van der Waals surface area contributed by atoms with Gasteiger partial charge in [-0.3, -0.25) is 0 Å². The van der Waals surface area contributed by atoms with Crippen LogP contribution in [0, 0.1) is 41.5 Å². The van der Waals surface area contributed by atoms with Crippen LogP contribution < -0.4 is 50.2 Å². The zero-order valence-electron chi connectivity index (χ0n) is 29.9. The van der Waals surface area contributed by atoms with Gasteiger partial charge in [-0.25, -0.2) is 0 Å². The lowest BCUT2D eigenvalue weighted by atomic mass is 10.0. The van der Waals surface area contributed by atoms with E-state index in [-0.39, 0.29) is 0 Å². The molecule has 0 saturated heterocycles. The molecule has 0 fully saturated rings. The van der Waals surface area contributed by atoms with Gasteiger partial charge in [-0.1, -0.05) is 32.8 Å². The topological polar surface area (TPSA) is 46.2 Å². The van der Waals surface area contributed by atoms with Crippen LogP contribution in [0.3, 0.4) is 0 Å². The maximum atomic E-state index is 6.20. The van der Waals surface area contributed by atoms with Crippen LogP contribution in [0.15, 0.2) is 72.8 Å². The summed E-state index contributed by atoms with van der Waals surface area (Å²) in [7, 11) is 8.02. The maximum absolute atomic E-state index is 6.20. The van der Waals surface area contributed by atoms with E-state index in [1.165, 1.54) is 26.5 Å². The molecule has 0 heterocycles. The van der Waals surface area contributed by atoms with E-state index in [0.29, 0.717) is 8.58 Å². The number of ether oxygens (including phenoxy) is 5. The second-order valence-corrected chi connectivity index (χ2v) is 15.6. The molecule has 0 bridgehead atoms. The summed E-state index contributed by atoms with van der Waals surface area (Å²) in [6, 6.07) is 26.4. The summed E-state index contributed by atoms with van der Waals surface area (Å²) in [5.74, 6) is 4.38. The van der Waals surface area contributed by atoms with Gasteiger partial charge in [0.15, 0.2) is 0 Å². The van der Waals surface area contributed by atoms with Gasteiger partial charge in [-0.05, 0) is 158 Å². The third-order valence-corrected chi connectivity index (χ3v) is 12.4. The van der Waals surface area contributed by atoms with Crippen molar-refractivity contribution in [3.8, 4) is 39.9 Å². The van der Waals surface area contributed by atoms with Crippen LogP contribution in [0.5, 0.6) is 28.7 Å². The fraction of sp³-hybridized carbons (Fsp3) is 0.268. The molecule has 0 saturated carbocycles. The molecular weight excluding hydrogens is 634 g/mol. The highest BCUT2D eigenvalue weighted by Gasteiger charge is 2.28. The number of benzene rings is 5. The van der Waals surface area contributed by atoms with E-state index in [1.807, 2.05) is 0 Å². The molecule has 5 nitrogen and oxygen atoms in total. The average molecular weight is 681 g/mol. The van der Waals surface area contributed by atoms with Crippen LogP contribution in [0.4, 0.5) is 0 Å². The van der Waals surface area contributed by atoms with Crippen molar-refractivity contribution in [1.82, 2.24) is 0 Å². The second-order valence-electron chi connectivity index (χ2n) is 12.1. The van der Waals surface area contributed by atoms with Crippen LogP contribution in [0.25, 0.3) is 11.1 Å². The van der Waals surface area contributed by atoms with E-state index in [0.717, 1.165) is 73.3 Å².